The zero-order chi connectivity index (χ0) is 18.6. The van der Waals surface area contributed by atoms with Crippen LogP contribution in [-0.4, -0.2) is 35.6 Å². The van der Waals surface area contributed by atoms with E-state index in [1.807, 2.05) is 0 Å². The Morgan fingerprint density at radius 3 is 2.64 bits per heavy atom. The normalized spacial score (nSPS) is 11.7. The summed E-state index contributed by atoms with van der Waals surface area (Å²) in [5, 5.41) is 7.73. The van der Waals surface area contributed by atoms with Crippen LogP contribution in [0.3, 0.4) is 0 Å². The monoisotopic (exact) mass is 403 g/mol. The van der Waals surface area contributed by atoms with Crippen LogP contribution in [0, 0.1) is 5.92 Å². The van der Waals surface area contributed by atoms with Crippen LogP contribution >= 0.6 is 23.2 Å². The summed E-state index contributed by atoms with van der Waals surface area (Å²) >= 11 is 12.0. The Balaban J connectivity index is 2.07. The van der Waals surface area contributed by atoms with E-state index >= 15 is 0 Å². The molecule has 1 heterocycles. The molecule has 0 spiro atoms. The number of sulfone groups is 1. The highest BCUT2D eigenvalue weighted by Gasteiger charge is 2.19. The Morgan fingerprint density at radius 2 is 2.00 bits per heavy atom. The van der Waals surface area contributed by atoms with E-state index in [9.17, 15) is 13.2 Å². The fourth-order valence-electron chi connectivity index (χ4n) is 2.32. The van der Waals surface area contributed by atoms with Crippen molar-refractivity contribution in [1.82, 2.24) is 9.78 Å². The van der Waals surface area contributed by atoms with E-state index in [2.05, 4.69) is 10.4 Å². The maximum atomic E-state index is 12.0. The fraction of sp³-hybridized carbons (Fsp3) is 0.375. The predicted octanol–water partition coefficient (Wildman–Crippen LogP) is 3.25. The molecule has 1 amide bonds. The van der Waals surface area contributed by atoms with Gasteiger partial charge in [-0.2, -0.15) is 5.10 Å². The maximum absolute atomic E-state index is 12.0. The lowest BCUT2D eigenvalue weighted by molar-refractivity contribution is -0.113. The highest BCUT2D eigenvalue weighted by molar-refractivity contribution is 7.92. The van der Waals surface area contributed by atoms with Crippen molar-refractivity contribution in [1.29, 1.82) is 0 Å². The Kier molecular flexibility index (Phi) is 6.48. The number of nitrogens with zero attached hydrogens (tertiary/aromatic N) is 2. The van der Waals surface area contributed by atoms with E-state index in [0.29, 0.717) is 22.4 Å². The number of hydrogen-bond acceptors (Lipinski definition) is 4. The van der Waals surface area contributed by atoms with E-state index in [1.165, 1.54) is 10.9 Å². The summed E-state index contributed by atoms with van der Waals surface area (Å²) in [7, 11) is -3.44. The van der Waals surface area contributed by atoms with Gasteiger partial charge in [0.05, 0.1) is 18.5 Å². The first-order valence-electron chi connectivity index (χ1n) is 7.62. The molecule has 6 nitrogen and oxygen atoms in total. The second kappa shape index (κ2) is 8.21. The van der Waals surface area contributed by atoms with Gasteiger partial charge in [0.15, 0.2) is 9.84 Å². The van der Waals surface area contributed by atoms with Crippen molar-refractivity contribution in [2.75, 3.05) is 16.8 Å². The van der Waals surface area contributed by atoms with Gasteiger partial charge in [-0.25, -0.2) is 13.1 Å². The third-order valence-corrected chi connectivity index (χ3v) is 5.72. The summed E-state index contributed by atoms with van der Waals surface area (Å²) in [6.07, 6.45) is 1.52. The fourth-order valence-corrected chi connectivity index (χ4v) is 4.40. The van der Waals surface area contributed by atoms with Crippen molar-refractivity contribution in [2.45, 2.75) is 20.4 Å². The Bertz CT molecular complexity index is 863. The lowest BCUT2D eigenvalue weighted by atomic mass is 10.2. The Morgan fingerprint density at radius 1 is 1.28 bits per heavy atom. The van der Waals surface area contributed by atoms with Crippen molar-refractivity contribution in [3.05, 3.63) is 46.1 Å². The number of aromatic nitrogens is 2. The zero-order valence-corrected chi connectivity index (χ0v) is 16.2. The topological polar surface area (TPSA) is 81.1 Å². The van der Waals surface area contributed by atoms with Crippen LogP contribution in [0.25, 0.3) is 0 Å². The van der Waals surface area contributed by atoms with Gasteiger partial charge in [-0.1, -0.05) is 43.1 Å². The van der Waals surface area contributed by atoms with Gasteiger partial charge in [-0.15, -0.1) is 0 Å². The van der Waals surface area contributed by atoms with Gasteiger partial charge in [-0.05, 0) is 23.6 Å². The van der Waals surface area contributed by atoms with Gasteiger partial charge in [0, 0.05) is 16.1 Å². The number of anilines is 1. The van der Waals surface area contributed by atoms with E-state index in [0.717, 1.165) is 5.56 Å². The summed E-state index contributed by atoms with van der Waals surface area (Å²) in [6, 6.07) is 6.70. The highest BCUT2D eigenvalue weighted by atomic mass is 35.5. The molecule has 0 fully saturated rings. The van der Waals surface area contributed by atoms with Crippen LogP contribution in [0.1, 0.15) is 19.4 Å². The van der Waals surface area contributed by atoms with E-state index in [4.69, 9.17) is 23.2 Å². The molecule has 0 bridgehead atoms. The minimum Gasteiger partial charge on any atom is -0.310 e. The Labute approximate surface area is 157 Å². The second-order valence-electron chi connectivity index (χ2n) is 6.11. The van der Waals surface area contributed by atoms with Crippen molar-refractivity contribution in [2.24, 2.45) is 5.92 Å². The lowest BCUT2D eigenvalue weighted by Gasteiger charge is -2.11. The minimum absolute atomic E-state index is 0.0277. The molecule has 25 heavy (non-hydrogen) atoms. The number of carbonyl (C=O) groups excluding carboxylic acids is 1. The van der Waals surface area contributed by atoms with Gasteiger partial charge in [-0.3, -0.25) is 4.79 Å². The number of amides is 1. The predicted molar refractivity (Wildman–Crippen MR) is 99.9 cm³/mol. The van der Waals surface area contributed by atoms with Crippen LogP contribution in [0.5, 0.6) is 0 Å². The summed E-state index contributed by atoms with van der Waals surface area (Å²) in [6.45, 7) is 3.90. The molecule has 0 aliphatic heterocycles. The number of benzene rings is 1. The van der Waals surface area contributed by atoms with Crippen molar-refractivity contribution in [3.8, 4) is 0 Å². The SMILES string of the molecule is CC(C)CS(=O)(=O)CC(=O)Nc1ccnn1Cc1ccc(Cl)cc1Cl. The van der Waals surface area contributed by atoms with Gasteiger partial charge < -0.3 is 5.32 Å². The molecule has 2 rings (SSSR count). The van der Waals surface area contributed by atoms with Crippen molar-refractivity contribution >= 4 is 44.8 Å². The van der Waals surface area contributed by atoms with Crippen LogP contribution in [0.4, 0.5) is 5.82 Å². The van der Waals surface area contributed by atoms with E-state index in [1.54, 1.807) is 38.1 Å². The average molecular weight is 404 g/mol. The first-order valence-corrected chi connectivity index (χ1v) is 10.2. The third kappa shape index (κ3) is 6.02. The number of halogens is 2. The highest BCUT2D eigenvalue weighted by Crippen LogP contribution is 2.22. The summed E-state index contributed by atoms with van der Waals surface area (Å²) in [5.74, 6) is -0.811. The van der Waals surface area contributed by atoms with Gasteiger partial charge in [0.2, 0.25) is 5.91 Å². The third-order valence-electron chi connectivity index (χ3n) is 3.26. The molecule has 0 aliphatic rings. The molecular weight excluding hydrogens is 385 g/mol. The van der Waals surface area contributed by atoms with Gasteiger partial charge in [0.25, 0.3) is 0 Å². The van der Waals surface area contributed by atoms with Crippen LogP contribution < -0.4 is 5.32 Å². The number of carbonyl (C=O) groups is 1. The molecule has 0 unspecified atom stereocenters. The summed E-state index contributed by atoms with van der Waals surface area (Å²) < 4.78 is 25.4. The van der Waals surface area contributed by atoms with E-state index in [-0.39, 0.29) is 11.7 Å². The van der Waals surface area contributed by atoms with Gasteiger partial charge >= 0.3 is 0 Å². The number of hydrogen-bond donors (Lipinski definition) is 1. The number of rotatable bonds is 7. The Hall–Kier alpha value is -1.57. The molecule has 1 aromatic carbocycles. The molecule has 0 radical (unpaired) electrons. The van der Waals surface area contributed by atoms with Crippen LogP contribution in [0.15, 0.2) is 30.5 Å². The molecular formula is C16H19Cl2N3O3S. The molecule has 1 N–H and O–H groups in total. The first kappa shape index (κ1) is 19.8. The van der Waals surface area contributed by atoms with Crippen molar-refractivity contribution in [3.63, 3.8) is 0 Å². The summed E-state index contributed by atoms with van der Waals surface area (Å²) in [5.41, 5.74) is 0.776. The van der Waals surface area contributed by atoms with E-state index < -0.39 is 21.5 Å². The van der Waals surface area contributed by atoms with Gasteiger partial charge in [0.1, 0.15) is 11.6 Å². The standard InChI is InChI=1S/C16H19Cl2N3O3S/c1-11(2)9-25(23,24)10-16(22)20-15-5-6-19-21(15)8-12-3-4-13(17)7-14(12)18/h3-7,11H,8-10H2,1-2H3,(H,20,22). The first-order chi connectivity index (χ1) is 11.7. The molecule has 1 aromatic heterocycles. The van der Waals surface area contributed by atoms with Crippen molar-refractivity contribution < 1.29 is 13.2 Å². The molecule has 0 saturated heterocycles. The average Bonchev–Trinajstić information content (AvgIpc) is 2.86. The summed E-state index contributed by atoms with van der Waals surface area (Å²) in [4.78, 5) is 12.0. The zero-order valence-electron chi connectivity index (χ0n) is 13.9. The number of nitrogens with one attached hydrogen (secondary N) is 1. The quantitative estimate of drug-likeness (QED) is 0.768. The molecule has 0 saturated carbocycles. The molecule has 9 heteroatoms. The molecule has 0 atom stereocenters. The van der Waals surface area contributed by atoms with Crippen LogP contribution in [-0.2, 0) is 21.2 Å². The molecule has 0 aliphatic carbocycles. The molecule has 136 valence electrons. The molecule has 2 aromatic rings. The minimum atomic E-state index is -3.44. The lowest BCUT2D eigenvalue weighted by Crippen LogP contribution is -2.27. The largest absolute Gasteiger partial charge is 0.310 e. The second-order valence-corrected chi connectivity index (χ2v) is 9.06. The maximum Gasteiger partial charge on any atom is 0.240 e. The smallest absolute Gasteiger partial charge is 0.240 e. The van der Waals surface area contributed by atoms with Crippen LogP contribution in [0.2, 0.25) is 10.0 Å².